The fraction of sp³-hybridized carbons (Fsp3) is 0.474. The van der Waals surface area contributed by atoms with Crippen LogP contribution in [-0.4, -0.2) is 23.7 Å². The number of para-hydroxylation sites is 1. The monoisotopic (exact) mass is 329 g/mol. The van der Waals surface area contributed by atoms with Gasteiger partial charge in [-0.05, 0) is 31.4 Å². The van der Waals surface area contributed by atoms with Crippen molar-refractivity contribution in [3.05, 3.63) is 45.8 Å². The van der Waals surface area contributed by atoms with Gasteiger partial charge in [0.05, 0.1) is 0 Å². The van der Waals surface area contributed by atoms with Crippen LogP contribution in [0, 0.1) is 12.8 Å². The molecule has 1 aliphatic rings. The lowest BCUT2D eigenvalue weighted by atomic mass is 9.95. The number of hydrogen-bond donors (Lipinski definition) is 2. The highest BCUT2D eigenvalue weighted by Gasteiger charge is 2.27. The number of rotatable bonds is 3. The first kappa shape index (κ1) is 16.7. The summed E-state index contributed by atoms with van der Waals surface area (Å²) in [7, 11) is 0. The summed E-state index contributed by atoms with van der Waals surface area (Å²) < 4.78 is 5.30. The zero-order valence-electron chi connectivity index (χ0n) is 13.9. The molecule has 2 aromatic rings. The van der Waals surface area contributed by atoms with E-state index in [0.29, 0.717) is 11.1 Å². The number of benzene rings is 1. The van der Waals surface area contributed by atoms with Crippen molar-refractivity contribution in [3.63, 3.8) is 0 Å². The van der Waals surface area contributed by atoms with E-state index in [1.807, 2.05) is 12.1 Å². The first-order valence-electron chi connectivity index (χ1n) is 8.56. The molecule has 3 rings (SSSR count). The van der Waals surface area contributed by atoms with Crippen LogP contribution in [0.1, 0.15) is 48.0 Å². The maximum absolute atomic E-state index is 12.7. The van der Waals surface area contributed by atoms with Crippen LogP contribution in [0.3, 0.4) is 0 Å². The van der Waals surface area contributed by atoms with Gasteiger partial charge in [0.25, 0.3) is 5.91 Å². The highest BCUT2D eigenvalue weighted by atomic mass is 16.4. The van der Waals surface area contributed by atoms with Crippen LogP contribution < -0.4 is 10.9 Å². The number of aryl methyl sites for hydroxylation is 1. The van der Waals surface area contributed by atoms with Crippen molar-refractivity contribution < 1.29 is 14.3 Å². The summed E-state index contributed by atoms with van der Waals surface area (Å²) in [6.07, 6.45) is 4.92. The van der Waals surface area contributed by atoms with Crippen molar-refractivity contribution in [2.24, 2.45) is 5.92 Å². The normalized spacial score (nSPS) is 21.4. The fourth-order valence-corrected chi connectivity index (χ4v) is 3.60. The molecule has 1 heterocycles. The Hall–Kier alpha value is -2.14. The summed E-state index contributed by atoms with van der Waals surface area (Å²) in [5, 5.41) is 13.3. The number of carbonyl (C=O) groups is 1. The number of nitrogens with one attached hydrogen (secondary N) is 1. The molecule has 0 saturated heterocycles. The predicted molar refractivity (Wildman–Crippen MR) is 92.1 cm³/mol. The number of aliphatic hydroxyl groups is 1. The van der Waals surface area contributed by atoms with Gasteiger partial charge in [-0.25, -0.2) is 4.79 Å². The lowest BCUT2D eigenvalue weighted by Gasteiger charge is -2.24. The van der Waals surface area contributed by atoms with Crippen LogP contribution in [0.25, 0.3) is 11.0 Å². The Morgan fingerprint density at radius 3 is 2.79 bits per heavy atom. The SMILES string of the molecule is Cc1c(C(=O)NC2CCCCCC2CO)c(=O)oc2ccccc12. The van der Waals surface area contributed by atoms with Gasteiger partial charge >= 0.3 is 5.63 Å². The number of aliphatic hydroxyl groups excluding tert-OH is 1. The molecule has 24 heavy (non-hydrogen) atoms. The van der Waals surface area contributed by atoms with Crippen molar-refractivity contribution in [2.45, 2.75) is 45.1 Å². The molecule has 1 amide bonds. The summed E-state index contributed by atoms with van der Waals surface area (Å²) in [4.78, 5) is 25.0. The molecular weight excluding hydrogens is 306 g/mol. The van der Waals surface area contributed by atoms with Gasteiger partial charge in [0, 0.05) is 24.0 Å². The van der Waals surface area contributed by atoms with Crippen LogP contribution in [0.5, 0.6) is 0 Å². The Morgan fingerprint density at radius 2 is 2.00 bits per heavy atom. The molecular formula is C19H23NO4. The minimum absolute atomic E-state index is 0.0456. The Kier molecular flexibility index (Phi) is 5.00. The van der Waals surface area contributed by atoms with E-state index in [4.69, 9.17) is 4.42 Å². The smallest absolute Gasteiger partial charge is 0.349 e. The predicted octanol–water partition coefficient (Wildman–Crippen LogP) is 2.77. The maximum atomic E-state index is 12.7. The van der Waals surface area contributed by atoms with Crippen molar-refractivity contribution in [1.29, 1.82) is 0 Å². The fourth-order valence-electron chi connectivity index (χ4n) is 3.60. The van der Waals surface area contributed by atoms with Gasteiger partial charge in [-0.3, -0.25) is 4.79 Å². The first-order valence-corrected chi connectivity index (χ1v) is 8.56. The third kappa shape index (κ3) is 3.22. The van der Waals surface area contributed by atoms with Crippen LogP contribution in [-0.2, 0) is 0 Å². The molecule has 0 spiro atoms. The second-order valence-electron chi connectivity index (χ2n) is 6.55. The topological polar surface area (TPSA) is 79.5 Å². The average molecular weight is 329 g/mol. The molecule has 1 aliphatic carbocycles. The summed E-state index contributed by atoms with van der Waals surface area (Å²) >= 11 is 0. The van der Waals surface area contributed by atoms with Gasteiger partial charge in [-0.1, -0.05) is 37.5 Å². The Morgan fingerprint density at radius 1 is 1.25 bits per heavy atom. The van der Waals surface area contributed by atoms with E-state index in [0.717, 1.165) is 37.5 Å². The van der Waals surface area contributed by atoms with Gasteiger partial charge < -0.3 is 14.8 Å². The largest absolute Gasteiger partial charge is 0.422 e. The zero-order valence-corrected chi connectivity index (χ0v) is 13.9. The molecule has 2 atom stereocenters. The minimum Gasteiger partial charge on any atom is -0.422 e. The third-order valence-corrected chi connectivity index (χ3v) is 5.01. The molecule has 1 fully saturated rings. The van der Waals surface area contributed by atoms with Crippen molar-refractivity contribution in [3.8, 4) is 0 Å². The lowest BCUT2D eigenvalue weighted by Crippen LogP contribution is -2.42. The third-order valence-electron chi connectivity index (χ3n) is 5.01. The number of carbonyl (C=O) groups excluding carboxylic acids is 1. The van der Waals surface area contributed by atoms with E-state index >= 15 is 0 Å². The van der Waals surface area contributed by atoms with Crippen LogP contribution in [0.4, 0.5) is 0 Å². The number of fused-ring (bicyclic) bond motifs is 1. The van der Waals surface area contributed by atoms with Gasteiger partial charge in [0.1, 0.15) is 11.1 Å². The van der Waals surface area contributed by atoms with Gasteiger partial charge in [-0.15, -0.1) is 0 Å². The van der Waals surface area contributed by atoms with Gasteiger partial charge in [-0.2, -0.15) is 0 Å². The molecule has 1 aromatic heterocycles. The minimum atomic E-state index is -0.613. The quantitative estimate of drug-likeness (QED) is 0.670. The molecule has 0 radical (unpaired) electrons. The molecule has 128 valence electrons. The van der Waals surface area contributed by atoms with Gasteiger partial charge in [0.2, 0.25) is 0 Å². The average Bonchev–Trinajstić information content (AvgIpc) is 2.79. The standard InChI is InChI=1S/C19H23NO4/c1-12-14-8-5-6-10-16(14)24-19(23)17(12)18(22)20-15-9-4-2-3-7-13(15)11-21/h5-6,8,10,13,15,21H,2-4,7,9,11H2,1H3,(H,20,22). The lowest BCUT2D eigenvalue weighted by molar-refractivity contribution is 0.0895. The molecule has 5 nitrogen and oxygen atoms in total. The molecule has 2 N–H and O–H groups in total. The second kappa shape index (κ2) is 7.18. The highest BCUT2D eigenvalue weighted by molar-refractivity contribution is 5.99. The molecule has 1 aromatic carbocycles. The number of amides is 1. The van der Waals surface area contributed by atoms with E-state index < -0.39 is 11.5 Å². The summed E-state index contributed by atoms with van der Waals surface area (Å²) in [6.45, 7) is 1.82. The van der Waals surface area contributed by atoms with Crippen molar-refractivity contribution in [2.75, 3.05) is 6.61 Å². The molecule has 1 saturated carbocycles. The van der Waals surface area contributed by atoms with Crippen molar-refractivity contribution in [1.82, 2.24) is 5.32 Å². The van der Waals surface area contributed by atoms with E-state index in [1.54, 1.807) is 19.1 Å². The first-order chi connectivity index (χ1) is 11.6. The van der Waals surface area contributed by atoms with Crippen LogP contribution in [0.15, 0.2) is 33.5 Å². The van der Waals surface area contributed by atoms with Crippen molar-refractivity contribution >= 4 is 16.9 Å². The Bertz CT molecular complexity index is 796. The van der Waals surface area contributed by atoms with Crippen LogP contribution in [0.2, 0.25) is 0 Å². The number of hydrogen-bond acceptors (Lipinski definition) is 4. The molecule has 0 bridgehead atoms. The van der Waals surface area contributed by atoms with E-state index in [-0.39, 0.29) is 24.1 Å². The zero-order chi connectivity index (χ0) is 17.1. The highest BCUT2D eigenvalue weighted by Crippen LogP contribution is 2.24. The van der Waals surface area contributed by atoms with E-state index in [1.165, 1.54) is 0 Å². The summed E-state index contributed by atoms with van der Waals surface area (Å²) in [6, 6.07) is 7.10. The molecule has 0 aliphatic heterocycles. The maximum Gasteiger partial charge on any atom is 0.349 e. The Labute approximate surface area is 140 Å². The summed E-state index contributed by atoms with van der Waals surface area (Å²) in [5.74, 6) is -0.360. The molecule has 5 heteroatoms. The molecule has 2 unspecified atom stereocenters. The van der Waals surface area contributed by atoms with E-state index in [2.05, 4.69) is 5.32 Å². The van der Waals surface area contributed by atoms with Gasteiger partial charge in [0.15, 0.2) is 0 Å². The second-order valence-corrected chi connectivity index (χ2v) is 6.55. The summed E-state index contributed by atoms with van der Waals surface area (Å²) in [5.41, 5.74) is 0.570. The Balaban J connectivity index is 1.92. The van der Waals surface area contributed by atoms with Crippen LogP contribution >= 0.6 is 0 Å². The van der Waals surface area contributed by atoms with E-state index in [9.17, 15) is 14.7 Å².